The highest BCUT2D eigenvalue weighted by molar-refractivity contribution is 5.84. The SMILES string of the molecule is CCC1NCN(C2CC(C)C2)C1=O. The van der Waals surface area contributed by atoms with Crippen LogP contribution in [-0.2, 0) is 4.79 Å². The molecule has 2 fully saturated rings. The molecule has 2 rings (SSSR count). The molecule has 3 nitrogen and oxygen atoms in total. The van der Waals surface area contributed by atoms with Crippen molar-refractivity contribution in [3.63, 3.8) is 0 Å². The molecule has 1 aliphatic heterocycles. The summed E-state index contributed by atoms with van der Waals surface area (Å²) in [5.74, 6) is 1.14. The van der Waals surface area contributed by atoms with E-state index in [4.69, 9.17) is 0 Å². The smallest absolute Gasteiger partial charge is 0.241 e. The molecule has 1 aliphatic carbocycles. The van der Waals surface area contributed by atoms with Gasteiger partial charge in [0.15, 0.2) is 0 Å². The van der Waals surface area contributed by atoms with Crippen LogP contribution >= 0.6 is 0 Å². The number of nitrogens with zero attached hydrogens (tertiary/aromatic N) is 1. The monoisotopic (exact) mass is 182 g/mol. The topological polar surface area (TPSA) is 32.3 Å². The van der Waals surface area contributed by atoms with Gasteiger partial charge in [0.2, 0.25) is 5.91 Å². The fraction of sp³-hybridized carbons (Fsp3) is 0.900. The number of hydrogen-bond acceptors (Lipinski definition) is 2. The quantitative estimate of drug-likeness (QED) is 0.689. The summed E-state index contributed by atoms with van der Waals surface area (Å²) in [6.07, 6.45) is 3.31. The van der Waals surface area contributed by atoms with E-state index >= 15 is 0 Å². The molecule has 3 heteroatoms. The molecule has 13 heavy (non-hydrogen) atoms. The predicted octanol–water partition coefficient (Wildman–Crippen LogP) is 0.953. The van der Waals surface area contributed by atoms with Crippen LogP contribution in [0.4, 0.5) is 0 Å². The summed E-state index contributed by atoms with van der Waals surface area (Å²) in [5, 5.41) is 3.25. The molecule has 0 aromatic rings. The van der Waals surface area contributed by atoms with Gasteiger partial charge in [-0.1, -0.05) is 13.8 Å². The van der Waals surface area contributed by atoms with Crippen LogP contribution in [0.5, 0.6) is 0 Å². The highest BCUT2D eigenvalue weighted by Gasteiger charge is 2.39. The van der Waals surface area contributed by atoms with Crippen molar-refractivity contribution in [2.45, 2.75) is 45.2 Å². The van der Waals surface area contributed by atoms with Crippen molar-refractivity contribution < 1.29 is 4.79 Å². The van der Waals surface area contributed by atoms with Crippen LogP contribution in [0.15, 0.2) is 0 Å². The third-order valence-corrected chi connectivity index (χ3v) is 3.29. The molecule has 1 saturated carbocycles. The number of amides is 1. The summed E-state index contributed by atoms with van der Waals surface area (Å²) in [4.78, 5) is 13.8. The van der Waals surface area contributed by atoms with Gasteiger partial charge in [0, 0.05) is 6.04 Å². The molecule has 0 radical (unpaired) electrons. The minimum absolute atomic E-state index is 0.0934. The van der Waals surface area contributed by atoms with Crippen molar-refractivity contribution in [1.82, 2.24) is 10.2 Å². The maximum Gasteiger partial charge on any atom is 0.241 e. The largest absolute Gasteiger partial charge is 0.326 e. The first kappa shape index (κ1) is 9.00. The Kier molecular flexibility index (Phi) is 2.28. The summed E-state index contributed by atoms with van der Waals surface area (Å²) in [5.41, 5.74) is 0. The van der Waals surface area contributed by atoms with Crippen LogP contribution < -0.4 is 5.32 Å². The lowest BCUT2D eigenvalue weighted by Crippen LogP contribution is -2.45. The molecular formula is C10H18N2O. The van der Waals surface area contributed by atoms with Crippen LogP contribution in [-0.4, -0.2) is 29.6 Å². The van der Waals surface area contributed by atoms with Gasteiger partial charge in [-0.25, -0.2) is 0 Å². The molecule has 1 saturated heterocycles. The molecule has 0 spiro atoms. The third kappa shape index (κ3) is 1.46. The van der Waals surface area contributed by atoms with Crippen molar-refractivity contribution in [3.8, 4) is 0 Å². The van der Waals surface area contributed by atoms with Crippen molar-refractivity contribution in [3.05, 3.63) is 0 Å². The van der Waals surface area contributed by atoms with Crippen LogP contribution in [0, 0.1) is 5.92 Å². The maximum absolute atomic E-state index is 11.7. The van der Waals surface area contributed by atoms with Gasteiger partial charge in [-0.3, -0.25) is 10.1 Å². The zero-order valence-corrected chi connectivity index (χ0v) is 8.42. The van der Waals surface area contributed by atoms with Crippen LogP contribution in [0.2, 0.25) is 0 Å². The summed E-state index contributed by atoms with van der Waals surface area (Å²) in [6, 6.07) is 0.627. The standard InChI is InChI=1S/C10H18N2O/c1-3-9-10(13)12(6-11-9)8-4-7(2)5-8/h7-9,11H,3-6H2,1-2H3. The van der Waals surface area contributed by atoms with Gasteiger partial charge in [0.1, 0.15) is 0 Å². The fourth-order valence-electron chi connectivity index (χ4n) is 2.32. The van der Waals surface area contributed by atoms with Gasteiger partial charge in [0.05, 0.1) is 12.7 Å². The molecule has 2 aliphatic rings. The number of nitrogens with one attached hydrogen (secondary N) is 1. The first-order valence-corrected chi connectivity index (χ1v) is 5.26. The second-order valence-corrected chi connectivity index (χ2v) is 4.36. The van der Waals surface area contributed by atoms with E-state index in [2.05, 4.69) is 19.2 Å². The minimum Gasteiger partial charge on any atom is -0.326 e. The van der Waals surface area contributed by atoms with E-state index in [-0.39, 0.29) is 6.04 Å². The lowest BCUT2D eigenvalue weighted by atomic mass is 9.81. The Balaban J connectivity index is 1.92. The van der Waals surface area contributed by atoms with Crippen molar-refractivity contribution in [2.75, 3.05) is 6.67 Å². The Labute approximate surface area is 79.5 Å². The Hall–Kier alpha value is -0.570. The second kappa shape index (κ2) is 3.29. The zero-order chi connectivity index (χ0) is 9.42. The number of rotatable bonds is 2. The average Bonchev–Trinajstić information content (AvgIpc) is 2.41. The number of hydrogen-bond donors (Lipinski definition) is 1. The lowest BCUT2D eigenvalue weighted by molar-refractivity contribution is -0.133. The molecule has 74 valence electrons. The molecule has 0 aromatic heterocycles. The summed E-state index contributed by atoms with van der Waals surface area (Å²) in [7, 11) is 0. The van der Waals surface area contributed by atoms with Crippen LogP contribution in [0.25, 0.3) is 0 Å². The Morgan fingerprint density at radius 2 is 2.23 bits per heavy atom. The van der Waals surface area contributed by atoms with Crippen molar-refractivity contribution in [1.29, 1.82) is 0 Å². The predicted molar refractivity (Wildman–Crippen MR) is 51.1 cm³/mol. The van der Waals surface area contributed by atoms with E-state index in [1.54, 1.807) is 0 Å². The normalized spacial score (nSPS) is 39.4. The van der Waals surface area contributed by atoms with Gasteiger partial charge >= 0.3 is 0 Å². The minimum atomic E-state index is 0.0934. The maximum atomic E-state index is 11.7. The summed E-state index contributed by atoms with van der Waals surface area (Å²) in [6.45, 7) is 5.08. The Morgan fingerprint density at radius 1 is 1.54 bits per heavy atom. The van der Waals surface area contributed by atoms with E-state index < -0.39 is 0 Å². The highest BCUT2D eigenvalue weighted by atomic mass is 16.2. The number of carbonyl (C=O) groups excluding carboxylic acids is 1. The Morgan fingerprint density at radius 3 is 2.69 bits per heavy atom. The number of carbonyl (C=O) groups is 1. The van der Waals surface area contributed by atoms with Crippen LogP contribution in [0.3, 0.4) is 0 Å². The van der Waals surface area contributed by atoms with Gasteiger partial charge in [-0.2, -0.15) is 0 Å². The van der Waals surface area contributed by atoms with Gasteiger partial charge in [0.25, 0.3) is 0 Å². The molecule has 1 atom stereocenters. The molecule has 1 amide bonds. The van der Waals surface area contributed by atoms with Gasteiger partial charge in [-0.05, 0) is 25.2 Å². The molecule has 1 unspecified atom stereocenters. The average molecular weight is 182 g/mol. The third-order valence-electron chi connectivity index (χ3n) is 3.29. The summed E-state index contributed by atoms with van der Waals surface area (Å²) < 4.78 is 0. The van der Waals surface area contributed by atoms with E-state index in [0.29, 0.717) is 11.9 Å². The molecule has 0 bridgehead atoms. The highest BCUT2D eigenvalue weighted by Crippen LogP contribution is 2.32. The molecular weight excluding hydrogens is 164 g/mol. The van der Waals surface area contributed by atoms with Crippen molar-refractivity contribution >= 4 is 5.91 Å². The zero-order valence-electron chi connectivity index (χ0n) is 8.42. The van der Waals surface area contributed by atoms with Gasteiger partial charge in [-0.15, -0.1) is 0 Å². The lowest BCUT2D eigenvalue weighted by Gasteiger charge is -2.39. The molecule has 1 N–H and O–H groups in total. The summed E-state index contributed by atoms with van der Waals surface area (Å²) >= 11 is 0. The second-order valence-electron chi connectivity index (χ2n) is 4.36. The molecule has 1 heterocycles. The molecule has 0 aromatic carbocycles. The first-order chi connectivity index (χ1) is 6.22. The van der Waals surface area contributed by atoms with E-state index in [1.165, 1.54) is 12.8 Å². The Bertz CT molecular complexity index is 211. The van der Waals surface area contributed by atoms with Gasteiger partial charge < -0.3 is 4.90 Å². The van der Waals surface area contributed by atoms with E-state index in [1.807, 2.05) is 4.90 Å². The van der Waals surface area contributed by atoms with Crippen LogP contribution in [0.1, 0.15) is 33.1 Å². The van der Waals surface area contributed by atoms with E-state index in [9.17, 15) is 4.79 Å². The first-order valence-electron chi connectivity index (χ1n) is 5.26. The van der Waals surface area contributed by atoms with Crippen molar-refractivity contribution in [2.24, 2.45) is 5.92 Å². The van der Waals surface area contributed by atoms with E-state index in [0.717, 1.165) is 19.0 Å². The fourth-order valence-corrected chi connectivity index (χ4v) is 2.32.